The number of nitrogens with zero attached hydrogens (tertiary/aromatic N) is 1. The molecule has 0 saturated heterocycles. The van der Waals surface area contributed by atoms with Gasteiger partial charge in [-0.2, -0.15) is 0 Å². The highest BCUT2D eigenvalue weighted by Crippen LogP contribution is 2.11. The standard InChI is InChI=1S/C14H14ClN3O/c15-11-4-7-13(17-9-11)18-14(19)8-3-10-1-5-12(16)6-2-10/h1-2,4-7,9H,3,8,16H2,(H,17,18,19). The third-order valence-electron chi connectivity index (χ3n) is 2.62. The molecule has 0 fully saturated rings. The van der Waals surface area contributed by atoms with E-state index in [0.717, 1.165) is 11.3 Å². The molecule has 19 heavy (non-hydrogen) atoms. The molecule has 1 aromatic carbocycles. The number of carbonyl (C=O) groups excluding carboxylic acids is 1. The van der Waals surface area contributed by atoms with Crippen molar-refractivity contribution < 1.29 is 4.79 Å². The zero-order valence-electron chi connectivity index (χ0n) is 10.3. The molecule has 98 valence electrons. The van der Waals surface area contributed by atoms with Gasteiger partial charge in [-0.05, 0) is 36.2 Å². The van der Waals surface area contributed by atoms with E-state index in [1.165, 1.54) is 6.20 Å². The van der Waals surface area contributed by atoms with Crippen LogP contribution in [0, 0.1) is 0 Å². The summed E-state index contributed by atoms with van der Waals surface area (Å²) in [7, 11) is 0. The topological polar surface area (TPSA) is 68.0 Å². The Morgan fingerprint density at radius 2 is 1.95 bits per heavy atom. The average Bonchev–Trinajstić information content (AvgIpc) is 2.41. The fourth-order valence-corrected chi connectivity index (χ4v) is 1.71. The average molecular weight is 276 g/mol. The lowest BCUT2D eigenvalue weighted by molar-refractivity contribution is -0.116. The van der Waals surface area contributed by atoms with E-state index in [4.69, 9.17) is 17.3 Å². The monoisotopic (exact) mass is 275 g/mol. The Labute approximate surface area is 116 Å². The number of carbonyl (C=O) groups is 1. The van der Waals surface area contributed by atoms with Crippen LogP contribution >= 0.6 is 11.6 Å². The quantitative estimate of drug-likeness (QED) is 0.843. The summed E-state index contributed by atoms with van der Waals surface area (Å²) in [4.78, 5) is 15.7. The molecule has 0 spiro atoms. The molecule has 0 saturated carbocycles. The number of halogens is 1. The van der Waals surface area contributed by atoms with Crippen LogP contribution in [0.1, 0.15) is 12.0 Å². The number of hydrogen-bond acceptors (Lipinski definition) is 3. The number of hydrogen-bond donors (Lipinski definition) is 2. The Morgan fingerprint density at radius 1 is 1.21 bits per heavy atom. The van der Waals surface area contributed by atoms with E-state index in [1.807, 2.05) is 24.3 Å². The molecule has 1 amide bonds. The zero-order valence-corrected chi connectivity index (χ0v) is 11.0. The summed E-state index contributed by atoms with van der Waals surface area (Å²) in [6.07, 6.45) is 2.56. The van der Waals surface area contributed by atoms with Crippen molar-refractivity contribution in [3.63, 3.8) is 0 Å². The van der Waals surface area contributed by atoms with Crippen molar-refractivity contribution in [2.45, 2.75) is 12.8 Å². The highest BCUT2D eigenvalue weighted by molar-refractivity contribution is 6.30. The van der Waals surface area contributed by atoms with Crippen molar-refractivity contribution >= 4 is 29.0 Å². The number of aromatic nitrogens is 1. The van der Waals surface area contributed by atoms with Crippen LogP contribution in [0.2, 0.25) is 5.02 Å². The van der Waals surface area contributed by atoms with Crippen molar-refractivity contribution in [3.05, 3.63) is 53.2 Å². The molecule has 0 aliphatic carbocycles. The largest absolute Gasteiger partial charge is 0.399 e. The first-order valence-electron chi connectivity index (χ1n) is 5.89. The molecule has 0 unspecified atom stereocenters. The summed E-state index contributed by atoms with van der Waals surface area (Å²) in [6.45, 7) is 0. The number of aryl methyl sites for hydroxylation is 1. The van der Waals surface area contributed by atoms with Gasteiger partial charge in [-0.25, -0.2) is 4.98 Å². The molecule has 0 radical (unpaired) electrons. The second kappa shape index (κ2) is 6.20. The minimum Gasteiger partial charge on any atom is -0.399 e. The zero-order chi connectivity index (χ0) is 13.7. The molecule has 1 heterocycles. The Balaban J connectivity index is 1.84. The molecular weight excluding hydrogens is 262 g/mol. The lowest BCUT2D eigenvalue weighted by atomic mass is 10.1. The highest BCUT2D eigenvalue weighted by atomic mass is 35.5. The summed E-state index contributed by atoms with van der Waals surface area (Å²) in [5.74, 6) is 0.429. The van der Waals surface area contributed by atoms with Gasteiger partial charge in [-0.3, -0.25) is 4.79 Å². The Hall–Kier alpha value is -2.07. The van der Waals surface area contributed by atoms with E-state index in [0.29, 0.717) is 23.7 Å². The Bertz CT molecular complexity index is 552. The Kier molecular flexibility index (Phi) is 4.36. The van der Waals surface area contributed by atoms with E-state index in [-0.39, 0.29) is 5.91 Å². The van der Waals surface area contributed by atoms with E-state index in [1.54, 1.807) is 12.1 Å². The van der Waals surface area contributed by atoms with Gasteiger partial charge in [0, 0.05) is 18.3 Å². The van der Waals surface area contributed by atoms with Crippen molar-refractivity contribution in [2.24, 2.45) is 0 Å². The predicted octanol–water partition coefficient (Wildman–Crippen LogP) is 2.89. The van der Waals surface area contributed by atoms with Gasteiger partial charge < -0.3 is 11.1 Å². The highest BCUT2D eigenvalue weighted by Gasteiger charge is 2.04. The van der Waals surface area contributed by atoms with Gasteiger partial charge in [0.05, 0.1) is 5.02 Å². The van der Waals surface area contributed by atoms with Crippen LogP contribution in [0.4, 0.5) is 11.5 Å². The van der Waals surface area contributed by atoms with Gasteiger partial charge in [0.2, 0.25) is 5.91 Å². The summed E-state index contributed by atoms with van der Waals surface area (Å²) >= 11 is 5.72. The van der Waals surface area contributed by atoms with E-state index in [2.05, 4.69) is 10.3 Å². The predicted molar refractivity (Wildman–Crippen MR) is 77.1 cm³/mol. The van der Waals surface area contributed by atoms with Crippen molar-refractivity contribution in [2.75, 3.05) is 11.1 Å². The van der Waals surface area contributed by atoms with Crippen LogP contribution < -0.4 is 11.1 Å². The maximum atomic E-state index is 11.7. The number of rotatable bonds is 4. The van der Waals surface area contributed by atoms with Gasteiger partial charge in [-0.15, -0.1) is 0 Å². The maximum Gasteiger partial charge on any atom is 0.225 e. The lowest BCUT2D eigenvalue weighted by Gasteiger charge is -2.04. The lowest BCUT2D eigenvalue weighted by Crippen LogP contribution is -2.13. The first-order chi connectivity index (χ1) is 9.13. The van der Waals surface area contributed by atoms with Crippen LogP contribution in [0.5, 0.6) is 0 Å². The third-order valence-corrected chi connectivity index (χ3v) is 2.84. The number of amides is 1. The maximum absolute atomic E-state index is 11.7. The molecule has 2 rings (SSSR count). The van der Waals surface area contributed by atoms with Gasteiger partial charge >= 0.3 is 0 Å². The van der Waals surface area contributed by atoms with E-state index >= 15 is 0 Å². The van der Waals surface area contributed by atoms with Crippen LogP contribution in [0.25, 0.3) is 0 Å². The first kappa shape index (κ1) is 13.4. The summed E-state index contributed by atoms with van der Waals surface area (Å²) in [6, 6.07) is 10.8. The smallest absolute Gasteiger partial charge is 0.225 e. The molecule has 2 aromatic rings. The number of nitrogens with two attached hydrogens (primary N) is 1. The normalized spacial score (nSPS) is 10.2. The summed E-state index contributed by atoms with van der Waals surface area (Å²) < 4.78 is 0. The molecule has 0 aliphatic rings. The minimum atomic E-state index is -0.0772. The van der Waals surface area contributed by atoms with Crippen LogP contribution in [0.15, 0.2) is 42.6 Å². The number of benzene rings is 1. The molecule has 0 atom stereocenters. The molecule has 5 heteroatoms. The molecule has 1 aromatic heterocycles. The van der Waals surface area contributed by atoms with Crippen molar-refractivity contribution in [1.82, 2.24) is 4.98 Å². The number of nitrogens with one attached hydrogen (secondary N) is 1. The Morgan fingerprint density at radius 3 is 2.58 bits per heavy atom. The van der Waals surface area contributed by atoms with Crippen molar-refractivity contribution in [3.8, 4) is 0 Å². The third kappa shape index (κ3) is 4.26. The fourth-order valence-electron chi connectivity index (χ4n) is 1.60. The van der Waals surface area contributed by atoms with E-state index in [9.17, 15) is 4.79 Å². The van der Waals surface area contributed by atoms with Crippen LogP contribution in [-0.4, -0.2) is 10.9 Å². The van der Waals surface area contributed by atoms with Crippen LogP contribution in [-0.2, 0) is 11.2 Å². The van der Waals surface area contributed by atoms with Gasteiger partial charge in [0.25, 0.3) is 0 Å². The van der Waals surface area contributed by atoms with E-state index < -0.39 is 0 Å². The molecule has 4 nitrogen and oxygen atoms in total. The summed E-state index contributed by atoms with van der Waals surface area (Å²) in [5.41, 5.74) is 7.40. The molecule has 0 bridgehead atoms. The molecule has 0 aliphatic heterocycles. The number of nitrogen functional groups attached to an aromatic ring is 1. The number of anilines is 2. The van der Waals surface area contributed by atoms with Crippen LogP contribution in [0.3, 0.4) is 0 Å². The SMILES string of the molecule is Nc1ccc(CCC(=O)Nc2ccc(Cl)cn2)cc1. The molecule has 3 N–H and O–H groups in total. The molecular formula is C14H14ClN3O. The second-order valence-corrected chi connectivity index (χ2v) is 4.59. The number of pyridine rings is 1. The van der Waals surface area contributed by atoms with Gasteiger partial charge in [-0.1, -0.05) is 23.7 Å². The first-order valence-corrected chi connectivity index (χ1v) is 6.27. The van der Waals surface area contributed by atoms with Gasteiger partial charge in [0.1, 0.15) is 5.82 Å². The van der Waals surface area contributed by atoms with Crippen molar-refractivity contribution in [1.29, 1.82) is 0 Å². The van der Waals surface area contributed by atoms with Gasteiger partial charge in [0.15, 0.2) is 0 Å². The summed E-state index contributed by atoms with van der Waals surface area (Å²) in [5, 5.41) is 3.26. The minimum absolute atomic E-state index is 0.0772. The fraction of sp³-hybridized carbons (Fsp3) is 0.143. The second-order valence-electron chi connectivity index (χ2n) is 4.15.